The van der Waals surface area contributed by atoms with Crippen LogP contribution in [0, 0.1) is 11.6 Å². The van der Waals surface area contributed by atoms with E-state index in [0.717, 1.165) is 12.1 Å². The molecule has 0 aliphatic carbocycles. The van der Waals surface area contributed by atoms with Gasteiger partial charge in [-0.3, -0.25) is 0 Å². The van der Waals surface area contributed by atoms with E-state index in [4.69, 9.17) is 0 Å². The van der Waals surface area contributed by atoms with E-state index < -0.39 is 30.5 Å². The van der Waals surface area contributed by atoms with Gasteiger partial charge in [0.15, 0.2) is 11.6 Å². The number of benzene rings is 1. The van der Waals surface area contributed by atoms with Gasteiger partial charge in [0.1, 0.15) is 0 Å². The van der Waals surface area contributed by atoms with Gasteiger partial charge < -0.3 is 5.32 Å². The molecule has 7 heteroatoms. The standard InChI is InChI=1S/C10H9F6N/c11-7-2-1-6(3-8(7)12)4-17-5-10(15,16)9(13)14/h1-3,9,17H,4-5H2. The molecule has 17 heavy (non-hydrogen) atoms. The average Bonchev–Trinajstić information content (AvgIpc) is 2.23. The van der Waals surface area contributed by atoms with Gasteiger partial charge in [-0.15, -0.1) is 0 Å². The first-order valence-corrected chi connectivity index (χ1v) is 4.63. The van der Waals surface area contributed by atoms with Gasteiger partial charge in [-0.05, 0) is 17.7 Å². The molecule has 0 amide bonds. The largest absolute Gasteiger partial charge is 0.319 e. The highest BCUT2D eigenvalue weighted by molar-refractivity contribution is 5.17. The fourth-order valence-electron chi connectivity index (χ4n) is 1.10. The van der Waals surface area contributed by atoms with Crippen molar-refractivity contribution in [1.29, 1.82) is 0 Å². The normalized spacial score (nSPS) is 12.2. The Morgan fingerprint density at radius 1 is 1.12 bits per heavy atom. The SMILES string of the molecule is Fc1ccc(CNCC(F)(F)C(F)F)cc1F. The molecule has 0 saturated heterocycles. The fraction of sp³-hybridized carbons (Fsp3) is 0.400. The van der Waals surface area contributed by atoms with Crippen LogP contribution in [-0.4, -0.2) is 18.9 Å². The molecule has 1 N–H and O–H groups in total. The van der Waals surface area contributed by atoms with Crippen molar-refractivity contribution >= 4 is 0 Å². The minimum Gasteiger partial charge on any atom is -0.307 e. The summed E-state index contributed by atoms with van der Waals surface area (Å²) in [5.74, 6) is -6.32. The molecule has 96 valence electrons. The Labute approximate surface area is 93.4 Å². The molecular formula is C10H9F6N. The van der Waals surface area contributed by atoms with Crippen molar-refractivity contribution in [2.45, 2.75) is 18.9 Å². The van der Waals surface area contributed by atoms with E-state index in [1.54, 1.807) is 0 Å². The van der Waals surface area contributed by atoms with Crippen molar-refractivity contribution < 1.29 is 26.3 Å². The minimum atomic E-state index is -4.14. The number of hydrogen-bond acceptors (Lipinski definition) is 1. The van der Waals surface area contributed by atoms with Crippen molar-refractivity contribution in [2.24, 2.45) is 0 Å². The first-order chi connectivity index (χ1) is 7.83. The van der Waals surface area contributed by atoms with Gasteiger partial charge in [-0.1, -0.05) is 6.07 Å². The molecule has 0 unspecified atom stereocenters. The first-order valence-electron chi connectivity index (χ1n) is 4.63. The fourth-order valence-corrected chi connectivity index (χ4v) is 1.10. The van der Waals surface area contributed by atoms with E-state index >= 15 is 0 Å². The Kier molecular flexibility index (Phi) is 4.39. The third-order valence-corrected chi connectivity index (χ3v) is 1.99. The highest BCUT2D eigenvalue weighted by Crippen LogP contribution is 2.21. The van der Waals surface area contributed by atoms with Crippen LogP contribution in [0.1, 0.15) is 5.56 Å². The summed E-state index contributed by atoms with van der Waals surface area (Å²) in [4.78, 5) is 0. The van der Waals surface area contributed by atoms with E-state index in [0.29, 0.717) is 0 Å². The zero-order valence-corrected chi connectivity index (χ0v) is 8.49. The van der Waals surface area contributed by atoms with Gasteiger partial charge in [-0.25, -0.2) is 17.6 Å². The van der Waals surface area contributed by atoms with Crippen molar-refractivity contribution in [2.75, 3.05) is 6.54 Å². The molecule has 1 nitrogen and oxygen atoms in total. The van der Waals surface area contributed by atoms with Crippen LogP contribution in [0.15, 0.2) is 18.2 Å². The monoisotopic (exact) mass is 257 g/mol. The summed E-state index contributed by atoms with van der Waals surface area (Å²) in [6.45, 7) is -1.48. The summed E-state index contributed by atoms with van der Waals surface area (Å²) in [7, 11) is 0. The van der Waals surface area contributed by atoms with Gasteiger partial charge in [0.25, 0.3) is 0 Å². The first kappa shape index (κ1) is 13.8. The topological polar surface area (TPSA) is 12.0 Å². The zero-order valence-electron chi connectivity index (χ0n) is 8.49. The van der Waals surface area contributed by atoms with Crippen molar-refractivity contribution in [3.8, 4) is 0 Å². The second-order valence-electron chi connectivity index (χ2n) is 3.41. The van der Waals surface area contributed by atoms with E-state index in [1.165, 1.54) is 6.07 Å². The molecule has 1 aromatic rings. The number of rotatable bonds is 5. The number of alkyl halides is 4. The Bertz CT molecular complexity index is 379. The molecule has 0 saturated carbocycles. The van der Waals surface area contributed by atoms with Gasteiger partial charge >= 0.3 is 12.3 Å². The van der Waals surface area contributed by atoms with Crippen LogP contribution in [0.2, 0.25) is 0 Å². The lowest BCUT2D eigenvalue weighted by Crippen LogP contribution is -2.38. The van der Waals surface area contributed by atoms with E-state index in [-0.39, 0.29) is 12.1 Å². The smallest absolute Gasteiger partial charge is 0.307 e. The number of nitrogens with one attached hydrogen (secondary N) is 1. The van der Waals surface area contributed by atoms with Crippen molar-refractivity contribution in [1.82, 2.24) is 5.32 Å². The molecule has 0 heterocycles. The molecular weight excluding hydrogens is 248 g/mol. The maximum atomic E-state index is 12.7. The molecule has 0 aromatic heterocycles. The second kappa shape index (κ2) is 5.39. The Hall–Kier alpha value is -1.24. The quantitative estimate of drug-likeness (QED) is 0.800. The predicted molar refractivity (Wildman–Crippen MR) is 49.0 cm³/mol. The van der Waals surface area contributed by atoms with Crippen LogP contribution in [0.5, 0.6) is 0 Å². The molecule has 0 bridgehead atoms. The highest BCUT2D eigenvalue weighted by atomic mass is 19.3. The van der Waals surface area contributed by atoms with Crippen LogP contribution in [-0.2, 0) is 6.54 Å². The van der Waals surface area contributed by atoms with Crippen LogP contribution in [0.25, 0.3) is 0 Å². The molecule has 0 fully saturated rings. The lowest BCUT2D eigenvalue weighted by atomic mass is 10.2. The van der Waals surface area contributed by atoms with Gasteiger partial charge in [0.05, 0.1) is 6.54 Å². The Morgan fingerprint density at radius 2 is 1.76 bits per heavy atom. The summed E-state index contributed by atoms with van der Waals surface area (Å²) in [6, 6.07) is 2.81. The molecule has 0 spiro atoms. The molecule has 1 aromatic carbocycles. The number of halogens is 6. The third kappa shape index (κ3) is 3.92. The van der Waals surface area contributed by atoms with Crippen LogP contribution in [0.3, 0.4) is 0 Å². The summed E-state index contributed by atoms with van der Waals surface area (Å²) >= 11 is 0. The maximum Gasteiger partial charge on any atom is 0.319 e. The summed E-state index contributed by atoms with van der Waals surface area (Å²) < 4.78 is 73.6. The third-order valence-electron chi connectivity index (χ3n) is 1.99. The maximum absolute atomic E-state index is 12.7. The molecule has 0 atom stereocenters. The Balaban J connectivity index is 2.49. The molecule has 0 radical (unpaired) electrons. The van der Waals surface area contributed by atoms with Crippen LogP contribution < -0.4 is 5.32 Å². The Morgan fingerprint density at radius 3 is 2.29 bits per heavy atom. The van der Waals surface area contributed by atoms with Gasteiger partial charge in [0.2, 0.25) is 0 Å². The zero-order chi connectivity index (χ0) is 13.1. The van der Waals surface area contributed by atoms with E-state index in [9.17, 15) is 26.3 Å². The van der Waals surface area contributed by atoms with E-state index in [1.807, 2.05) is 0 Å². The summed E-state index contributed by atoms with van der Waals surface area (Å²) in [5, 5.41) is 2.05. The summed E-state index contributed by atoms with van der Waals surface area (Å²) in [6.07, 6.45) is -3.76. The molecule has 1 rings (SSSR count). The van der Waals surface area contributed by atoms with E-state index in [2.05, 4.69) is 5.32 Å². The predicted octanol–water partition coefficient (Wildman–Crippen LogP) is 2.95. The molecule has 0 aliphatic heterocycles. The van der Waals surface area contributed by atoms with Crippen LogP contribution >= 0.6 is 0 Å². The molecule has 0 aliphatic rings. The number of hydrogen-bond donors (Lipinski definition) is 1. The highest BCUT2D eigenvalue weighted by Gasteiger charge is 2.39. The van der Waals surface area contributed by atoms with Crippen molar-refractivity contribution in [3.63, 3.8) is 0 Å². The van der Waals surface area contributed by atoms with Gasteiger partial charge in [0, 0.05) is 6.54 Å². The van der Waals surface area contributed by atoms with Crippen molar-refractivity contribution in [3.05, 3.63) is 35.4 Å². The lowest BCUT2D eigenvalue weighted by Gasteiger charge is -2.15. The van der Waals surface area contributed by atoms with Gasteiger partial charge in [-0.2, -0.15) is 8.78 Å². The second-order valence-corrected chi connectivity index (χ2v) is 3.41. The average molecular weight is 257 g/mol. The lowest BCUT2D eigenvalue weighted by molar-refractivity contribution is -0.125. The van der Waals surface area contributed by atoms with Crippen LogP contribution in [0.4, 0.5) is 26.3 Å². The minimum absolute atomic E-state index is 0.189. The summed E-state index contributed by atoms with van der Waals surface area (Å²) in [5.41, 5.74) is 0.189.